The Morgan fingerprint density at radius 3 is 0.892 bits per heavy atom. The lowest BCUT2D eigenvalue weighted by Crippen LogP contribution is -2.28. The Labute approximate surface area is 461 Å². The summed E-state index contributed by atoms with van der Waals surface area (Å²) in [4.78, 5) is 24.6. The number of ether oxygens (including phenoxy) is 2. The van der Waals surface area contributed by atoms with Gasteiger partial charge >= 0.3 is 11.9 Å². The van der Waals surface area contributed by atoms with E-state index in [0.717, 1.165) is 70.6 Å². The minimum Gasteiger partial charge on any atom is -0.462 e. The number of hydrogen-bond donors (Lipinski definition) is 1. The molecule has 1 atom stereocenters. The Morgan fingerprint density at radius 2 is 0.581 bits per heavy atom. The van der Waals surface area contributed by atoms with E-state index in [1.807, 2.05) is 0 Å². The Bertz CT molecular complexity index is 1310. The van der Waals surface area contributed by atoms with Crippen molar-refractivity contribution in [1.82, 2.24) is 0 Å². The molecule has 0 radical (unpaired) electrons. The predicted molar refractivity (Wildman–Crippen MR) is 325 cm³/mol. The van der Waals surface area contributed by atoms with Crippen LogP contribution in [0.1, 0.15) is 335 Å². The fourth-order valence-corrected chi connectivity index (χ4v) is 9.64. The van der Waals surface area contributed by atoms with Crippen LogP contribution in [0.3, 0.4) is 0 Å². The number of esters is 2. The second-order valence-corrected chi connectivity index (χ2v) is 21.8. The van der Waals surface area contributed by atoms with Crippen LogP contribution in [-0.2, 0) is 19.1 Å². The van der Waals surface area contributed by atoms with E-state index in [9.17, 15) is 14.7 Å². The third kappa shape index (κ3) is 61.9. The summed E-state index contributed by atoms with van der Waals surface area (Å²) in [6.45, 7) is 4.07. The standard InChI is InChI=1S/C69H124O5/c1-3-5-7-9-11-13-15-17-19-21-23-25-27-28-29-30-31-32-33-34-35-36-37-38-39-40-42-44-46-48-50-52-54-56-58-60-62-64-69(72)74-67(65-70)66-73-68(71)63-61-59-57-55-53-51-49-47-45-43-41-26-24-22-20-18-16-14-12-10-8-6-4-2/h5,7,11,13,17,19,22-25,28-29,67,70H,3-4,6,8-10,12,14-16,18,20-21,26-27,30-66H2,1-2H3/b7-5-,13-11-,19-17-,24-22-,25-23-,29-28-. The zero-order valence-electron chi connectivity index (χ0n) is 49.4. The third-order valence-electron chi connectivity index (χ3n) is 14.5. The Hall–Kier alpha value is -2.66. The van der Waals surface area contributed by atoms with Gasteiger partial charge in [-0.15, -0.1) is 0 Å². The molecule has 0 aromatic rings. The van der Waals surface area contributed by atoms with Crippen molar-refractivity contribution >= 4 is 11.9 Å². The molecular formula is C69H124O5. The van der Waals surface area contributed by atoms with Gasteiger partial charge in [-0.2, -0.15) is 0 Å². The first-order valence-electron chi connectivity index (χ1n) is 32.5. The number of allylic oxidation sites excluding steroid dienone is 12. The molecule has 0 aromatic carbocycles. The minimum atomic E-state index is -0.773. The average molecular weight is 1030 g/mol. The molecule has 430 valence electrons. The van der Waals surface area contributed by atoms with Gasteiger partial charge in [0.05, 0.1) is 6.61 Å². The summed E-state index contributed by atoms with van der Waals surface area (Å²) < 4.78 is 10.7. The predicted octanol–water partition coefficient (Wildman–Crippen LogP) is 22.3. The van der Waals surface area contributed by atoms with Gasteiger partial charge in [0.25, 0.3) is 0 Å². The van der Waals surface area contributed by atoms with E-state index in [2.05, 4.69) is 86.8 Å². The van der Waals surface area contributed by atoms with Gasteiger partial charge in [-0.25, -0.2) is 0 Å². The van der Waals surface area contributed by atoms with Gasteiger partial charge < -0.3 is 14.6 Å². The quantitative estimate of drug-likeness (QED) is 0.0373. The first-order valence-corrected chi connectivity index (χ1v) is 32.5. The molecule has 0 aliphatic carbocycles. The molecule has 1 unspecified atom stereocenters. The largest absolute Gasteiger partial charge is 0.462 e. The lowest BCUT2D eigenvalue weighted by Gasteiger charge is -2.15. The fourth-order valence-electron chi connectivity index (χ4n) is 9.64. The maximum Gasteiger partial charge on any atom is 0.306 e. The van der Waals surface area contributed by atoms with E-state index in [-0.39, 0.29) is 25.2 Å². The van der Waals surface area contributed by atoms with E-state index in [1.165, 1.54) is 238 Å². The maximum atomic E-state index is 12.3. The van der Waals surface area contributed by atoms with Gasteiger partial charge in [0.1, 0.15) is 6.61 Å². The molecule has 5 heteroatoms. The Morgan fingerprint density at radius 1 is 0.324 bits per heavy atom. The molecule has 0 rings (SSSR count). The van der Waals surface area contributed by atoms with Gasteiger partial charge in [0, 0.05) is 12.8 Å². The molecule has 0 fully saturated rings. The molecule has 0 bridgehead atoms. The van der Waals surface area contributed by atoms with E-state index in [0.29, 0.717) is 12.8 Å². The summed E-state index contributed by atoms with van der Waals surface area (Å²) in [6, 6.07) is 0. The molecule has 74 heavy (non-hydrogen) atoms. The number of rotatable bonds is 60. The first-order chi connectivity index (χ1) is 36.6. The normalized spacial score (nSPS) is 12.6. The number of hydrogen-bond acceptors (Lipinski definition) is 5. The lowest BCUT2D eigenvalue weighted by molar-refractivity contribution is -0.161. The summed E-state index contributed by atoms with van der Waals surface area (Å²) in [6.07, 6.45) is 89.2. The molecule has 0 heterocycles. The van der Waals surface area contributed by atoms with E-state index < -0.39 is 6.10 Å². The van der Waals surface area contributed by atoms with Crippen LogP contribution in [0.4, 0.5) is 0 Å². The molecule has 0 saturated carbocycles. The number of aliphatic hydroxyl groups excluding tert-OH is 1. The van der Waals surface area contributed by atoms with Crippen molar-refractivity contribution in [3.8, 4) is 0 Å². The average Bonchev–Trinajstić information content (AvgIpc) is 3.40. The van der Waals surface area contributed by atoms with Crippen LogP contribution >= 0.6 is 0 Å². The zero-order chi connectivity index (χ0) is 53.4. The molecular weight excluding hydrogens is 909 g/mol. The van der Waals surface area contributed by atoms with E-state index in [1.54, 1.807) is 0 Å². The highest BCUT2D eigenvalue weighted by atomic mass is 16.6. The molecule has 0 saturated heterocycles. The van der Waals surface area contributed by atoms with Crippen molar-refractivity contribution < 1.29 is 24.2 Å². The molecule has 0 aromatic heterocycles. The van der Waals surface area contributed by atoms with Crippen LogP contribution in [0.5, 0.6) is 0 Å². The van der Waals surface area contributed by atoms with Crippen LogP contribution in [0.2, 0.25) is 0 Å². The van der Waals surface area contributed by atoms with Crippen molar-refractivity contribution in [3.05, 3.63) is 72.9 Å². The second kappa shape index (κ2) is 64.6. The van der Waals surface area contributed by atoms with Gasteiger partial charge in [0.2, 0.25) is 0 Å². The highest BCUT2D eigenvalue weighted by Gasteiger charge is 2.16. The Balaban J connectivity index is 3.42. The zero-order valence-corrected chi connectivity index (χ0v) is 49.4. The SMILES string of the molecule is CC/C=C\C/C=C\C/C=C\C/C=C\C/C=C\CCCCCCCCCCCCCCCCCCCCCCCC(=O)OC(CO)COC(=O)CCCCCCCCCCCCC/C=C\CCCCCCCCCC. The molecule has 1 N–H and O–H groups in total. The van der Waals surface area contributed by atoms with Crippen LogP contribution < -0.4 is 0 Å². The fraction of sp³-hybridized carbons (Fsp3) is 0.797. The van der Waals surface area contributed by atoms with Crippen LogP contribution in [0.15, 0.2) is 72.9 Å². The minimum absolute atomic E-state index is 0.0631. The molecule has 0 aliphatic rings. The van der Waals surface area contributed by atoms with Crippen molar-refractivity contribution in [3.63, 3.8) is 0 Å². The van der Waals surface area contributed by atoms with Gasteiger partial charge in [-0.05, 0) is 83.5 Å². The highest BCUT2D eigenvalue weighted by Crippen LogP contribution is 2.18. The van der Waals surface area contributed by atoms with Crippen molar-refractivity contribution in [2.45, 2.75) is 341 Å². The summed E-state index contributed by atoms with van der Waals surface area (Å²) in [5.41, 5.74) is 0. The van der Waals surface area contributed by atoms with E-state index in [4.69, 9.17) is 9.47 Å². The van der Waals surface area contributed by atoms with Gasteiger partial charge in [-0.3, -0.25) is 9.59 Å². The number of carbonyl (C=O) groups excluding carboxylic acids is 2. The summed E-state index contributed by atoms with van der Waals surface area (Å²) in [5.74, 6) is -0.575. The van der Waals surface area contributed by atoms with Crippen LogP contribution in [0.25, 0.3) is 0 Å². The number of unbranched alkanes of at least 4 members (excludes halogenated alkanes) is 40. The van der Waals surface area contributed by atoms with Crippen LogP contribution in [0, 0.1) is 0 Å². The molecule has 0 amide bonds. The van der Waals surface area contributed by atoms with Crippen molar-refractivity contribution in [1.29, 1.82) is 0 Å². The van der Waals surface area contributed by atoms with Crippen LogP contribution in [-0.4, -0.2) is 36.4 Å². The summed E-state index contributed by atoms with van der Waals surface area (Å²) in [5, 5.41) is 9.68. The smallest absolute Gasteiger partial charge is 0.306 e. The van der Waals surface area contributed by atoms with Gasteiger partial charge in [-0.1, -0.05) is 311 Å². The molecule has 5 nitrogen and oxygen atoms in total. The monoisotopic (exact) mass is 1030 g/mol. The summed E-state index contributed by atoms with van der Waals surface area (Å²) >= 11 is 0. The lowest BCUT2D eigenvalue weighted by atomic mass is 10.0. The topological polar surface area (TPSA) is 72.8 Å². The maximum absolute atomic E-state index is 12.3. The molecule has 0 aliphatic heterocycles. The third-order valence-corrected chi connectivity index (χ3v) is 14.5. The molecule has 0 spiro atoms. The van der Waals surface area contributed by atoms with Gasteiger partial charge in [0.15, 0.2) is 6.10 Å². The Kier molecular flexibility index (Phi) is 62.3. The number of carbonyl (C=O) groups is 2. The first kappa shape index (κ1) is 71.3. The van der Waals surface area contributed by atoms with Crippen molar-refractivity contribution in [2.24, 2.45) is 0 Å². The second-order valence-electron chi connectivity index (χ2n) is 21.8. The number of aliphatic hydroxyl groups is 1. The highest BCUT2D eigenvalue weighted by molar-refractivity contribution is 5.70. The summed E-state index contributed by atoms with van der Waals surface area (Å²) in [7, 11) is 0. The van der Waals surface area contributed by atoms with E-state index >= 15 is 0 Å². The van der Waals surface area contributed by atoms with Crippen molar-refractivity contribution in [2.75, 3.05) is 13.2 Å².